The molecule has 0 saturated carbocycles. The molecule has 2 amide bonds. The number of likely N-dealkylation sites (N-methyl/N-ethyl adjacent to an activating group) is 1. The Morgan fingerprint density at radius 1 is 1.26 bits per heavy atom. The Balaban J connectivity index is 2.32. The largest absolute Gasteiger partial charge is 0.345 e. The molecule has 0 heterocycles. The van der Waals surface area contributed by atoms with Crippen molar-refractivity contribution in [3.05, 3.63) is 35.9 Å². The lowest BCUT2D eigenvalue weighted by atomic mass is 10.1. The lowest BCUT2D eigenvalue weighted by Crippen LogP contribution is -2.45. The highest BCUT2D eigenvalue weighted by Crippen LogP contribution is 2.03. The molecule has 1 atom stereocenters. The summed E-state index contributed by atoms with van der Waals surface area (Å²) in [4.78, 5) is 24.5. The Morgan fingerprint density at radius 3 is 2.47 bits per heavy atom. The first-order valence-electron chi connectivity index (χ1n) is 6.56. The summed E-state index contributed by atoms with van der Waals surface area (Å²) in [5.41, 5.74) is 1.28. The van der Waals surface area contributed by atoms with Crippen LogP contribution in [-0.2, 0) is 16.0 Å². The molecule has 1 rings (SSSR count). The van der Waals surface area contributed by atoms with E-state index in [1.54, 1.807) is 18.9 Å². The minimum atomic E-state index is -0.459. The molecule has 1 unspecified atom stereocenters. The van der Waals surface area contributed by atoms with Gasteiger partial charge in [-0.05, 0) is 25.3 Å². The Morgan fingerprint density at radius 2 is 1.89 bits per heavy atom. The smallest absolute Gasteiger partial charge is 0.244 e. The fraction of sp³-hybridized carbons (Fsp3) is 0.467. The second kappa shape index (κ2) is 7.56. The fourth-order valence-corrected chi connectivity index (χ4v) is 1.97. The lowest BCUT2D eigenvalue weighted by molar-refractivity contribution is -0.134. The van der Waals surface area contributed by atoms with Gasteiger partial charge in [0.05, 0.1) is 0 Å². The Kier molecular flexibility index (Phi) is 6.06. The zero-order valence-corrected chi connectivity index (χ0v) is 11.8. The van der Waals surface area contributed by atoms with E-state index in [-0.39, 0.29) is 11.8 Å². The molecule has 0 fully saturated rings. The van der Waals surface area contributed by atoms with Gasteiger partial charge >= 0.3 is 0 Å². The topological polar surface area (TPSA) is 49.4 Å². The van der Waals surface area contributed by atoms with Gasteiger partial charge in [0.1, 0.15) is 6.04 Å². The Bertz CT molecular complexity index is 417. The molecule has 4 nitrogen and oxygen atoms in total. The minimum absolute atomic E-state index is 0.0525. The van der Waals surface area contributed by atoms with Crippen molar-refractivity contribution in [2.45, 2.75) is 32.7 Å². The number of carbonyl (C=O) groups is 2. The van der Waals surface area contributed by atoms with Gasteiger partial charge in [0.2, 0.25) is 11.8 Å². The molecule has 0 spiro atoms. The van der Waals surface area contributed by atoms with E-state index in [0.29, 0.717) is 6.54 Å². The van der Waals surface area contributed by atoms with Gasteiger partial charge < -0.3 is 10.2 Å². The van der Waals surface area contributed by atoms with Gasteiger partial charge in [0, 0.05) is 20.5 Å². The van der Waals surface area contributed by atoms with Gasteiger partial charge in [-0.15, -0.1) is 0 Å². The van der Waals surface area contributed by atoms with Crippen LogP contribution in [0.1, 0.15) is 25.8 Å². The van der Waals surface area contributed by atoms with Crippen LogP contribution in [0.15, 0.2) is 30.3 Å². The van der Waals surface area contributed by atoms with Crippen LogP contribution in [0.3, 0.4) is 0 Å². The van der Waals surface area contributed by atoms with E-state index in [9.17, 15) is 9.59 Å². The predicted octanol–water partition coefficient (Wildman–Crippen LogP) is 1.60. The number of aryl methyl sites for hydroxylation is 1. The molecular weight excluding hydrogens is 240 g/mol. The SMILES string of the molecule is CC(=O)NC(C)C(=O)N(C)CCCc1ccccc1. The number of nitrogens with one attached hydrogen (secondary N) is 1. The van der Waals surface area contributed by atoms with Gasteiger partial charge in [0.15, 0.2) is 0 Å². The standard InChI is InChI=1S/C15H22N2O2/c1-12(16-13(2)18)15(19)17(3)11-7-10-14-8-5-4-6-9-14/h4-6,8-9,12H,7,10-11H2,1-3H3,(H,16,18). The van der Waals surface area contributed by atoms with E-state index in [2.05, 4.69) is 17.4 Å². The summed E-state index contributed by atoms with van der Waals surface area (Å²) in [6.07, 6.45) is 1.87. The molecule has 104 valence electrons. The molecule has 4 heteroatoms. The number of rotatable bonds is 6. The second-order valence-corrected chi connectivity index (χ2v) is 4.77. The van der Waals surface area contributed by atoms with Crippen molar-refractivity contribution >= 4 is 11.8 Å². The number of nitrogens with zero attached hydrogens (tertiary/aromatic N) is 1. The highest BCUT2D eigenvalue weighted by molar-refractivity contribution is 5.86. The molecule has 0 aromatic heterocycles. The average molecular weight is 262 g/mol. The van der Waals surface area contributed by atoms with E-state index in [0.717, 1.165) is 12.8 Å². The van der Waals surface area contributed by atoms with Crippen LogP contribution in [-0.4, -0.2) is 36.3 Å². The molecule has 1 aromatic rings. The highest BCUT2D eigenvalue weighted by atomic mass is 16.2. The molecule has 0 saturated heterocycles. The van der Waals surface area contributed by atoms with Crippen LogP contribution in [0.4, 0.5) is 0 Å². The Labute approximate surface area is 114 Å². The number of hydrogen-bond donors (Lipinski definition) is 1. The monoisotopic (exact) mass is 262 g/mol. The molecule has 0 aliphatic heterocycles. The van der Waals surface area contributed by atoms with Crippen molar-refractivity contribution in [3.8, 4) is 0 Å². The average Bonchev–Trinajstić information content (AvgIpc) is 2.38. The first kappa shape index (κ1) is 15.2. The lowest BCUT2D eigenvalue weighted by Gasteiger charge is -2.21. The maximum Gasteiger partial charge on any atom is 0.244 e. The predicted molar refractivity (Wildman–Crippen MR) is 75.7 cm³/mol. The van der Waals surface area contributed by atoms with Crippen LogP contribution in [0.25, 0.3) is 0 Å². The molecule has 0 aliphatic rings. The summed E-state index contributed by atoms with van der Waals surface area (Å²) in [5.74, 6) is -0.234. The minimum Gasteiger partial charge on any atom is -0.345 e. The highest BCUT2D eigenvalue weighted by Gasteiger charge is 2.17. The van der Waals surface area contributed by atoms with Crippen molar-refractivity contribution in [2.75, 3.05) is 13.6 Å². The summed E-state index contributed by atoms with van der Waals surface area (Å²) in [6.45, 7) is 3.81. The third kappa shape index (κ3) is 5.55. The van der Waals surface area contributed by atoms with Crippen LogP contribution in [0.2, 0.25) is 0 Å². The number of hydrogen-bond acceptors (Lipinski definition) is 2. The molecule has 0 aliphatic carbocycles. The van der Waals surface area contributed by atoms with E-state index in [1.807, 2.05) is 18.2 Å². The number of amides is 2. The third-order valence-electron chi connectivity index (χ3n) is 2.97. The summed E-state index contributed by atoms with van der Waals surface area (Å²) in [6, 6.07) is 9.74. The van der Waals surface area contributed by atoms with E-state index >= 15 is 0 Å². The maximum atomic E-state index is 11.9. The van der Waals surface area contributed by atoms with Crippen LogP contribution in [0, 0.1) is 0 Å². The van der Waals surface area contributed by atoms with Gasteiger partial charge in [-0.3, -0.25) is 9.59 Å². The third-order valence-corrected chi connectivity index (χ3v) is 2.97. The summed E-state index contributed by atoms with van der Waals surface area (Å²) in [5, 5.41) is 2.60. The summed E-state index contributed by atoms with van der Waals surface area (Å²) >= 11 is 0. The molecular formula is C15H22N2O2. The number of benzene rings is 1. The molecule has 19 heavy (non-hydrogen) atoms. The van der Waals surface area contributed by atoms with E-state index in [4.69, 9.17) is 0 Å². The van der Waals surface area contributed by atoms with Gasteiger partial charge in [-0.1, -0.05) is 30.3 Å². The quantitative estimate of drug-likeness (QED) is 0.846. The summed E-state index contributed by atoms with van der Waals surface area (Å²) < 4.78 is 0. The van der Waals surface area contributed by atoms with Crippen LogP contribution >= 0.6 is 0 Å². The fourth-order valence-electron chi connectivity index (χ4n) is 1.97. The molecule has 1 aromatic carbocycles. The van der Waals surface area contributed by atoms with Gasteiger partial charge in [-0.25, -0.2) is 0 Å². The zero-order chi connectivity index (χ0) is 14.3. The van der Waals surface area contributed by atoms with Crippen LogP contribution in [0.5, 0.6) is 0 Å². The maximum absolute atomic E-state index is 11.9. The van der Waals surface area contributed by atoms with E-state index in [1.165, 1.54) is 12.5 Å². The van der Waals surface area contributed by atoms with Crippen molar-refractivity contribution in [1.82, 2.24) is 10.2 Å². The Hall–Kier alpha value is -1.84. The second-order valence-electron chi connectivity index (χ2n) is 4.77. The molecule has 0 bridgehead atoms. The van der Waals surface area contributed by atoms with Crippen molar-refractivity contribution in [3.63, 3.8) is 0 Å². The summed E-state index contributed by atoms with van der Waals surface area (Å²) in [7, 11) is 1.77. The van der Waals surface area contributed by atoms with Crippen molar-refractivity contribution < 1.29 is 9.59 Å². The van der Waals surface area contributed by atoms with Crippen molar-refractivity contribution in [2.24, 2.45) is 0 Å². The molecule has 0 radical (unpaired) electrons. The van der Waals surface area contributed by atoms with E-state index < -0.39 is 6.04 Å². The first-order chi connectivity index (χ1) is 9.00. The van der Waals surface area contributed by atoms with Gasteiger partial charge in [0.25, 0.3) is 0 Å². The molecule has 1 N–H and O–H groups in total. The number of carbonyl (C=O) groups excluding carboxylic acids is 2. The zero-order valence-electron chi connectivity index (χ0n) is 11.8. The normalized spacial score (nSPS) is 11.7. The van der Waals surface area contributed by atoms with Gasteiger partial charge in [-0.2, -0.15) is 0 Å². The van der Waals surface area contributed by atoms with Crippen LogP contribution < -0.4 is 5.32 Å². The first-order valence-corrected chi connectivity index (χ1v) is 6.56. The van der Waals surface area contributed by atoms with Crippen molar-refractivity contribution in [1.29, 1.82) is 0 Å².